The van der Waals surface area contributed by atoms with Crippen LogP contribution in [-0.4, -0.2) is 24.2 Å². The van der Waals surface area contributed by atoms with E-state index in [1.165, 1.54) is 0 Å². The van der Waals surface area contributed by atoms with Gasteiger partial charge in [-0.2, -0.15) is 0 Å². The van der Waals surface area contributed by atoms with Crippen molar-refractivity contribution in [1.29, 1.82) is 0 Å². The molecule has 0 bridgehead atoms. The van der Waals surface area contributed by atoms with Crippen LogP contribution in [0.5, 0.6) is 11.5 Å². The van der Waals surface area contributed by atoms with Gasteiger partial charge in [-0.15, -0.1) is 0 Å². The van der Waals surface area contributed by atoms with Crippen LogP contribution in [0.25, 0.3) is 10.9 Å². The molecule has 0 aliphatic rings. The Hall–Kier alpha value is -1.55. The monoisotopic (exact) mass is 224 g/mol. The average Bonchev–Trinajstić information content (AvgIpc) is 2.27. The molecule has 15 heavy (non-hydrogen) atoms. The molecule has 4 nitrogen and oxygen atoms in total. The number of ether oxygens (including phenoxy) is 2. The molecule has 1 heterocycles. The maximum Gasteiger partial charge on any atom is 0.222 e. The second-order valence-corrected chi connectivity index (χ2v) is 3.24. The van der Waals surface area contributed by atoms with Crippen LogP contribution in [0, 0.1) is 0 Å². The second kappa shape index (κ2) is 3.90. The van der Waals surface area contributed by atoms with Crippen LogP contribution in [0.15, 0.2) is 18.3 Å². The molecule has 0 spiro atoms. The van der Waals surface area contributed by atoms with Crippen molar-refractivity contribution in [1.82, 2.24) is 9.97 Å². The van der Waals surface area contributed by atoms with E-state index in [1.54, 1.807) is 26.5 Å². The normalized spacial score (nSPS) is 10.3. The van der Waals surface area contributed by atoms with Crippen molar-refractivity contribution in [3.63, 3.8) is 0 Å². The maximum atomic E-state index is 5.69. The number of methoxy groups -OCH3 is 2. The number of halogens is 1. The van der Waals surface area contributed by atoms with E-state index in [0.717, 1.165) is 10.9 Å². The summed E-state index contributed by atoms with van der Waals surface area (Å²) in [7, 11) is 3.16. The molecule has 0 radical (unpaired) electrons. The van der Waals surface area contributed by atoms with E-state index in [1.807, 2.05) is 6.07 Å². The first-order chi connectivity index (χ1) is 7.24. The van der Waals surface area contributed by atoms with E-state index < -0.39 is 0 Å². The standard InChI is InChI=1S/C10H9ClN2O2/c1-14-8-3-6-5-12-10(11)13-7(6)4-9(8)15-2/h3-5H,1-2H3. The Bertz CT molecular complexity index is 502. The van der Waals surface area contributed by atoms with E-state index in [9.17, 15) is 0 Å². The first-order valence-electron chi connectivity index (χ1n) is 4.29. The fourth-order valence-electron chi connectivity index (χ4n) is 1.34. The summed E-state index contributed by atoms with van der Waals surface area (Å²) in [4.78, 5) is 7.97. The van der Waals surface area contributed by atoms with Gasteiger partial charge in [-0.05, 0) is 17.7 Å². The zero-order valence-electron chi connectivity index (χ0n) is 8.32. The lowest BCUT2D eigenvalue weighted by Gasteiger charge is -2.08. The summed E-state index contributed by atoms with van der Waals surface area (Å²) in [6.07, 6.45) is 1.65. The van der Waals surface area contributed by atoms with Gasteiger partial charge < -0.3 is 9.47 Å². The largest absolute Gasteiger partial charge is 0.493 e. The smallest absolute Gasteiger partial charge is 0.222 e. The molecule has 0 atom stereocenters. The molecule has 78 valence electrons. The third kappa shape index (κ3) is 1.80. The highest BCUT2D eigenvalue weighted by Crippen LogP contribution is 2.31. The van der Waals surface area contributed by atoms with Gasteiger partial charge >= 0.3 is 0 Å². The quantitative estimate of drug-likeness (QED) is 0.735. The minimum Gasteiger partial charge on any atom is -0.493 e. The topological polar surface area (TPSA) is 44.2 Å². The number of benzene rings is 1. The molecule has 1 aromatic carbocycles. The van der Waals surface area contributed by atoms with Crippen LogP contribution >= 0.6 is 11.6 Å². The second-order valence-electron chi connectivity index (χ2n) is 2.91. The van der Waals surface area contributed by atoms with Crippen molar-refractivity contribution in [2.24, 2.45) is 0 Å². The Kier molecular flexibility index (Phi) is 2.60. The predicted molar refractivity (Wildman–Crippen MR) is 57.7 cm³/mol. The number of hydrogen-bond acceptors (Lipinski definition) is 4. The Morgan fingerprint density at radius 1 is 1.13 bits per heavy atom. The SMILES string of the molecule is COc1cc2cnc(Cl)nc2cc1OC. The molecule has 2 aromatic rings. The van der Waals surface area contributed by atoms with Crippen molar-refractivity contribution < 1.29 is 9.47 Å². The highest BCUT2D eigenvalue weighted by atomic mass is 35.5. The molecule has 2 rings (SSSR count). The highest BCUT2D eigenvalue weighted by molar-refractivity contribution is 6.28. The number of nitrogens with zero attached hydrogens (tertiary/aromatic N) is 2. The fraction of sp³-hybridized carbons (Fsp3) is 0.200. The number of fused-ring (bicyclic) bond motifs is 1. The van der Waals surface area contributed by atoms with Crippen LogP contribution in [0.3, 0.4) is 0 Å². The Labute approximate surface area is 91.8 Å². The van der Waals surface area contributed by atoms with Gasteiger partial charge in [0.2, 0.25) is 5.28 Å². The van der Waals surface area contributed by atoms with Gasteiger partial charge in [0.1, 0.15) is 0 Å². The molecule has 0 aliphatic carbocycles. The van der Waals surface area contributed by atoms with E-state index in [-0.39, 0.29) is 5.28 Å². The molecule has 0 unspecified atom stereocenters. The van der Waals surface area contributed by atoms with Crippen molar-refractivity contribution in [3.8, 4) is 11.5 Å². The van der Waals surface area contributed by atoms with Gasteiger partial charge in [0, 0.05) is 17.6 Å². The summed E-state index contributed by atoms with van der Waals surface area (Å²) in [5.74, 6) is 1.27. The third-order valence-corrected chi connectivity index (χ3v) is 2.24. The average molecular weight is 225 g/mol. The van der Waals surface area contributed by atoms with Crippen LogP contribution in [-0.2, 0) is 0 Å². The summed E-state index contributed by atoms with van der Waals surface area (Å²) >= 11 is 5.69. The van der Waals surface area contributed by atoms with Crippen LogP contribution in [0.2, 0.25) is 5.28 Å². The molecule has 0 amide bonds. The lowest BCUT2D eigenvalue weighted by molar-refractivity contribution is 0.356. The van der Waals surface area contributed by atoms with E-state index in [0.29, 0.717) is 11.5 Å². The van der Waals surface area contributed by atoms with Gasteiger partial charge in [-0.25, -0.2) is 9.97 Å². The molecule has 0 N–H and O–H groups in total. The fourth-order valence-corrected chi connectivity index (χ4v) is 1.48. The lowest BCUT2D eigenvalue weighted by atomic mass is 10.2. The summed E-state index contributed by atoms with van der Waals surface area (Å²) in [5, 5.41) is 1.08. The third-order valence-electron chi connectivity index (χ3n) is 2.06. The van der Waals surface area contributed by atoms with Crippen molar-refractivity contribution in [2.75, 3.05) is 14.2 Å². The molecule has 0 fully saturated rings. The Balaban J connectivity index is 2.69. The zero-order valence-corrected chi connectivity index (χ0v) is 9.08. The van der Waals surface area contributed by atoms with Crippen molar-refractivity contribution in [3.05, 3.63) is 23.6 Å². The summed E-state index contributed by atoms with van der Waals surface area (Å²) in [6.45, 7) is 0. The van der Waals surface area contributed by atoms with Crippen molar-refractivity contribution in [2.45, 2.75) is 0 Å². The van der Waals surface area contributed by atoms with Gasteiger partial charge in [0.15, 0.2) is 11.5 Å². The first kappa shape index (κ1) is 9.98. The lowest BCUT2D eigenvalue weighted by Crippen LogP contribution is -1.92. The molecule has 0 saturated heterocycles. The maximum absolute atomic E-state index is 5.69. The molecule has 0 saturated carbocycles. The molecular weight excluding hydrogens is 216 g/mol. The van der Waals surface area contributed by atoms with Gasteiger partial charge in [-0.3, -0.25) is 0 Å². The van der Waals surface area contributed by atoms with Crippen molar-refractivity contribution >= 4 is 22.5 Å². The van der Waals surface area contributed by atoms with E-state index in [2.05, 4.69) is 9.97 Å². The van der Waals surface area contributed by atoms with Crippen LogP contribution in [0.4, 0.5) is 0 Å². The molecule has 0 aliphatic heterocycles. The van der Waals surface area contributed by atoms with E-state index >= 15 is 0 Å². The highest BCUT2D eigenvalue weighted by Gasteiger charge is 2.07. The predicted octanol–water partition coefficient (Wildman–Crippen LogP) is 2.30. The molecule has 1 aromatic heterocycles. The van der Waals surface area contributed by atoms with E-state index in [4.69, 9.17) is 21.1 Å². The Morgan fingerprint density at radius 3 is 2.47 bits per heavy atom. The zero-order chi connectivity index (χ0) is 10.8. The van der Waals surface area contributed by atoms with Crippen LogP contribution < -0.4 is 9.47 Å². The number of rotatable bonds is 2. The summed E-state index contributed by atoms with van der Waals surface area (Å²) in [6, 6.07) is 3.58. The molecular formula is C10H9ClN2O2. The summed E-state index contributed by atoms with van der Waals surface area (Å²) in [5.41, 5.74) is 0.729. The van der Waals surface area contributed by atoms with Gasteiger partial charge in [-0.1, -0.05) is 0 Å². The first-order valence-corrected chi connectivity index (χ1v) is 4.66. The van der Waals surface area contributed by atoms with Gasteiger partial charge in [0.05, 0.1) is 19.7 Å². The molecule has 5 heteroatoms. The number of hydrogen-bond donors (Lipinski definition) is 0. The summed E-state index contributed by atoms with van der Waals surface area (Å²) < 4.78 is 10.3. The van der Waals surface area contributed by atoms with Crippen LogP contribution in [0.1, 0.15) is 0 Å². The number of aromatic nitrogens is 2. The Morgan fingerprint density at radius 2 is 1.80 bits per heavy atom. The van der Waals surface area contributed by atoms with Gasteiger partial charge in [0.25, 0.3) is 0 Å². The minimum atomic E-state index is 0.217. The minimum absolute atomic E-state index is 0.217.